The molecule has 0 radical (unpaired) electrons. The number of fused-ring (bicyclic) bond motifs is 1. The van der Waals surface area contributed by atoms with E-state index < -0.39 is 0 Å². The van der Waals surface area contributed by atoms with Gasteiger partial charge in [-0.3, -0.25) is 0 Å². The van der Waals surface area contributed by atoms with Crippen LogP contribution in [0.3, 0.4) is 0 Å². The molecule has 2 heteroatoms. The van der Waals surface area contributed by atoms with E-state index in [0.717, 1.165) is 56.1 Å². The Bertz CT molecular complexity index is 462. The molecule has 0 aromatic heterocycles. The second kappa shape index (κ2) is 7.14. The summed E-state index contributed by atoms with van der Waals surface area (Å²) in [5.74, 6) is 0.336. The Morgan fingerprint density at radius 1 is 1.36 bits per heavy atom. The third kappa shape index (κ3) is 4.57. The van der Waals surface area contributed by atoms with Crippen LogP contribution >= 0.6 is 0 Å². The van der Waals surface area contributed by atoms with E-state index in [1.165, 1.54) is 5.57 Å². The summed E-state index contributed by atoms with van der Waals surface area (Å²) in [5.41, 5.74) is 3.59. The minimum atomic E-state index is -0.372. The Morgan fingerprint density at radius 2 is 2.09 bits per heavy atom. The first kappa shape index (κ1) is 17.5. The van der Waals surface area contributed by atoms with Gasteiger partial charge in [-0.05, 0) is 77.2 Å². The molecular formula is C20H32O2. The van der Waals surface area contributed by atoms with Crippen LogP contribution in [0.5, 0.6) is 0 Å². The lowest BCUT2D eigenvalue weighted by molar-refractivity contribution is 0.176. The van der Waals surface area contributed by atoms with Crippen LogP contribution in [0.15, 0.2) is 36.0 Å². The number of hydrogen-bond donors (Lipinski definition) is 1. The standard InChI is InChI=1S/C20H32O2/c1-14(2)17-12-18(21)16(4)10-6-8-15(3)9-7-11-20(5)19(13-17)22-20/h10,17-19,21H,1,3,6-9,11-13H2,2,4-5H3. The van der Waals surface area contributed by atoms with E-state index in [1.807, 2.05) is 6.92 Å². The summed E-state index contributed by atoms with van der Waals surface area (Å²) in [6.07, 6.45) is 9.23. The van der Waals surface area contributed by atoms with Gasteiger partial charge in [0.15, 0.2) is 0 Å². The molecule has 0 saturated carbocycles. The average molecular weight is 304 g/mol. The third-order valence-electron chi connectivity index (χ3n) is 5.43. The molecule has 4 atom stereocenters. The molecule has 1 saturated heterocycles. The van der Waals surface area contributed by atoms with Gasteiger partial charge in [0.1, 0.15) is 0 Å². The predicted octanol–water partition coefficient (Wildman–Crippen LogP) is 4.94. The maximum atomic E-state index is 10.5. The van der Waals surface area contributed by atoms with Crippen molar-refractivity contribution in [3.05, 3.63) is 36.0 Å². The van der Waals surface area contributed by atoms with Crippen LogP contribution in [-0.2, 0) is 4.74 Å². The smallest absolute Gasteiger partial charge is 0.0920 e. The Hall–Kier alpha value is -0.860. The molecule has 0 amide bonds. The molecule has 1 N–H and O–H groups in total. The Kier molecular flexibility index (Phi) is 5.68. The number of ether oxygens (including phenoxy) is 1. The molecule has 1 fully saturated rings. The Balaban J connectivity index is 2.09. The first-order valence-corrected chi connectivity index (χ1v) is 8.66. The van der Waals surface area contributed by atoms with Crippen LogP contribution in [0.1, 0.15) is 65.7 Å². The fraction of sp³-hybridized carbons (Fsp3) is 0.700. The number of rotatable bonds is 1. The van der Waals surface area contributed by atoms with Crippen molar-refractivity contribution in [1.82, 2.24) is 0 Å². The van der Waals surface area contributed by atoms with Gasteiger partial charge in [-0.15, -0.1) is 0 Å². The summed E-state index contributed by atoms with van der Waals surface area (Å²) in [5, 5.41) is 10.5. The van der Waals surface area contributed by atoms with Crippen molar-refractivity contribution in [2.45, 2.75) is 83.5 Å². The van der Waals surface area contributed by atoms with Gasteiger partial charge >= 0.3 is 0 Å². The van der Waals surface area contributed by atoms with Gasteiger partial charge < -0.3 is 9.84 Å². The molecule has 0 aromatic carbocycles. The van der Waals surface area contributed by atoms with Crippen LogP contribution in [-0.4, -0.2) is 22.9 Å². The van der Waals surface area contributed by atoms with Gasteiger partial charge in [-0.25, -0.2) is 0 Å². The van der Waals surface area contributed by atoms with E-state index >= 15 is 0 Å². The number of aliphatic hydroxyl groups is 1. The predicted molar refractivity (Wildman–Crippen MR) is 92.8 cm³/mol. The van der Waals surface area contributed by atoms with Gasteiger partial charge in [0, 0.05) is 0 Å². The summed E-state index contributed by atoms with van der Waals surface area (Å²) in [6, 6.07) is 0. The molecule has 2 nitrogen and oxygen atoms in total. The van der Waals surface area contributed by atoms with Gasteiger partial charge in [0.2, 0.25) is 0 Å². The van der Waals surface area contributed by atoms with E-state index in [0.29, 0.717) is 12.0 Å². The molecule has 0 spiro atoms. The Morgan fingerprint density at radius 3 is 2.77 bits per heavy atom. The van der Waals surface area contributed by atoms with E-state index in [-0.39, 0.29) is 11.7 Å². The van der Waals surface area contributed by atoms with Gasteiger partial charge in [0.05, 0.1) is 17.8 Å². The number of epoxide rings is 1. The monoisotopic (exact) mass is 304 g/mol. The van der Waals surface area contributed by atoms with Crippen LogP contribution in [0, 0.1) is 5.92 Å². The fourth-order valence-electron chi connectivity index (χ4n) is 3.48. The largest absolute Gasteiger partial charge is 0.389 e. The topological polar surface area (TPSA) is 32.8 Å². The molecule has 1 aliphatic heterocycles. The highest BCUT2D eigenvalue weighted by Crippen LogP contribution is 2.46. The lowest BCUT2D eigenvalue weighted by atomic mass is 9.84. The first-order chi connectivity index (χ1) is 10.3. The Labute approximate surface area is 136 Å². The maximum Gasteiger partial charge on any atom is 0.0920 e. The van der Waals surface area contributed by atoms with Crippen LogP contribution in [0.2, 0.25) is 0 Å². The minimum Gasteiger partial charge on any atom is -0.389 e. The lowest BCUT2D eigenvalue weighted by Crippen LogP contribution is -2.20. The van der Waals surface area contributed by atoms with Gasteiger partial charge in [0.25, 0.3) is 0 Å². The summed E-state index contributed by atoms with van der Waals surface area (Å²) >= 11 is 0. The molecular weight excluding hydrogens is 272 g/mol. The number of allylic oxidation sites excluding steroid dienone is 3. The molecule has 4 unspecified atom stereocenters. The van der Waals surface area contributed by atoms with Gasteiger partial charge in [-0.2, -0.15) is 0 Å². The normalized spacial score (nSPS) is 37.7. The van der Waals surface area contributed by atoms with Crippen LogP contribution in [0.4, 0.5) is 0 Å². The summed E-state index contributed by atoms with van der Waals surface area (Å²) in [4.78, 5) is 0. The van der Waals surface area contributed by atoms with Crippen molar-refractivity contribution < 1.29 is 9.84 Å². The first-order valence-electron chi connectivity index (χ1n) is 8.66. The quantitative estimate of drug-likeness (QED) is 0.549. The minimum absolute atomic E-state index is 0.0356. The van der Waals surface area contributed by atoms with Crippen molar-refractivity contribution in [3.8, 4) is 0 Å². The molecule has 124 valence electrons. The van der Waals surface area contributed by atoms with Crippen molar-refractivity contribution >= 4 is 0 Å². The molecule has 0 bridgehead atoms. The molecule has 2 rings (SSSR count). The van der Waals surface area contributed by atoms with E-state index in [9.17, 15) is 5.11 Å². The van der Waals surface area contributed by atoms with Crippen molar-refractivity contribution in [1.29, 1.82) is 0 Å². The SMILES string of the molecule is C=C1CCC=C(C)C(O)CC(C(=C)C)CC2OC2(C)CCC1. The molecule has 22 heavy (non-hydrogen) atoms. The molecule has 1 heterocycles. The van der Waals surface area contributed by atoms with Crippen molar-refractivity contribution in [3.63, 3.8) is 0 Å². The maximum absolute atomic E-state index is 10.5. The third-order valence-corrected chi connectivity index (χ3v) is 5.43. The van der Waals surface area contributed by atoms with Crippen LogP contribution < -0.4 is 0 Å². The zero-order valence-electron chi connectivity index (χ0n) is 14.5. The van der Waals surface area contributed by atoms with E-state index in [2.05, 4.69) is 33.1 Å². The summed E-state index contributed by atoms with van der Waals surface area (Å²) < 4.78 is 5.99. The second-order valence-electron chi connectivity index (χ2n) is 7.54. The zero-order chi connectivity index (χ0) is 16.3. The number of hydrogen-bond acceptors (Lipinski definition) is 2. The highest BCUT2D eigenvalue weighted by Gasteiger charge is 2.51. The molecule has 2 aliphatic rings. The fourth-order valence-corrected chi connectivity index (χ4v) is 3.48. The molecule has 0 aromatic rings. The van der Waals surface area contributed by atoms with Crippen molar-refractivity contribution in [2.75, 3.05) is 0 Å². The summed E-state index contributed by atoms with van der Waals surface area (Å²) in [7, 11) is 0. The van der Waals surface area contributed by atoms with Crippen molar-refractivity contribution in [2.24, 2.45) is 5.92 Å². The average Bonchev–Trinajstić information content (AvgIpc) is 3.07. The van der Waals surface area contributed by atoms with Gasteiger partial charge in [-0.1, -0.05) is 30.4 Å². The molecule has 1 aliphatic carbocycles. The second-order valence-corrected chi connectivity index (χ2v) is 7.54. The highest BCUT2D eigenvalue weighted by molar-refractivity contribution is 5.12. The zero-order valence-corrected chi connectivity index (χ0v) is 14.5. The number of aliphatic hydroxyl groups excluding tert-OH is 1. The van der Waals surface area contributed by atoms with E-state index in [4.69, 9.17) is 4.74 Å². The highest BCUT2D eigenvalue weighted by atomic mass is 16.6. The lowest BCUT2D eigenvalue weighted by Gasteiger charge is -2.21. The van der Waals surface area contributed by atoms with Crippen LogP contribution in [0.25, 0.3) is 0 Å². The van der Waals surface area contributed by atoms with E-state index in [1.54, 1.807) is 0 Å². The summed E-state index contributed by atoms with van der Waals surface area (Å²) in [6.45, 7) is 14.6.